The van der Waals surface area contributed by atoms with Crippen LogP contribution in [0, 0.1) is 13.8 Å². The molecule has 6 nitrogen and oxygen atoms in total. The van der Waals surface area contributed by atoms with E-state index in [-0.39, 0.29) is 43.0 Å². The van der Waals surface area contributed by atoms with Gasteiger partial charge in [0.15, 0.2) is 0 Å². The molecule has 0 aromatic heterocycles. The third-order valence-electron chi connectivity index (χ3n) is 5.77. The number of hydroxylamine groups is 2. The molecule has 1 N–H and O–H groups in total. The van der Waals surface area contributed by atoms with Crippen molar-refractivity contribution in [1.29, 1.82) is 0 Å². The Morgan fingerprint density at radius 3 is 1.41 bits per heavy atom. The molecule has 0 fully saturated rings. The smallest absolute Gasteiger partial charge is 0.304 e. The van der Waals surface area contributed by atoms with Crippen LogP contribution >= 0.6 is 12.4 Å². The minimum atomic E-state index is -0.754. The van der Waals surface area contributed by atoms with Crippen molar-refractivity contribution in [3.8, 4) is 0 Å². The molecule has 1 amide bonds. The maximum atomic E-state index is 11.8. The van der Waals surface area contributed by atoms with Gasteiger partial charge in [0.05, 0.1) is 13.5 Å². The number of aliphatic carboxylic acids is 1. The van der Waals surface area contributed by atoms with Gasteiger partial charge in [-0.2, -0.15) is 0 Å². The number of amides is 1. The van der Waals surface area contributed by atoms with Crippen molar-refractivity contribution in [1.82, 2.24) is 5.06 Å². The number of carboxylic acids is 1. The topological polar surface area (TPSA) is 76.1 Å². The molecule has 0 bridgehead atoms. The van der Waals surface area contributed by atoms with Crippen molar-refractivity contribution in [2.24, 2.45) is 0 Å². The highest BCUT2D eigenvalue weighted by molar-refractivity contribution is 5.85. The van der Waals surface area contributed by atoms with E-state index in [1.165, 1.54) is 28.9 Å². The summed E-state index contributed by atoms with van der Waals surface area (Å²) in [6, 6.07) is 16.3. The average Bonchev–Trinajstić information content (AvgIpc) is 2.78. The van der Waals surface area contributed by atoms with Crippen LogP contribution in [0.15, 0.2) is 48.5 Å². The molecule has 0 atom stereocenters. The molecule has 37 heavy (non-hydrogen) atoms. The lowest BCUT2D eigenvalue weighted by molar-refractivity contribution is -0.169. The predicted octanol–water partition coefficient (Wildman–Crippen LogP) is 7.14. The normalized spacial score (nSPS) is 10.3. The summed E-state index contributed by atoms with van der Waals surface area (Å²) in [5, 5.41) is 10.0. The van der Waals surface area contributed by atoms with Gasteiger partial charge in [-0.05, 0) is 37.3 Å². The maximum absolute atomic E-state index is 11.8. The minimum Gasteiger partial charge on any atom is -0.481 e. The number of benzene rings is 2. The minimum absolute atomic E-state index is 0. The van der Waals surface area contributed by atoms with Crippen molar-refractivity contribution in [2.45, 2.75) is 79.6 Å². The molecular weight excluding hydrogens is 490 g/mol. The Hall–Kier alpha value is -2.41. The zero-order valence-corrected chi connectivity index (χ0v) is 24.5. The van der Waals surface area contributed by atoms with E-state index in [1.807, 2.05) is 52.0 Å². The standard InChI is InChI=1S/C14H21NO2.C12H16O2.C3H8O.CH4.ClH/c1-11-6-8-12(9-7-11)14(2,3)10-13(16)15(4)17-5;1-9-4-6-10(7-5-9)12(2,3)8-11(13)14;1-3-4-2;;/h6-9H,10H2,1-5H3;4-7H,8H2,1-3H3,(H,13,14);3H2,1-2H3;1H4;1H. The van der Waals surface area contributed by atoms with Crippen LogP contribution in [0.1, 0.15) is 77.1 Å². The SMILES string of the molecule is C.CCOC.CON(C)C(=O)CC(C)(C)c1ccc(C)cc1.Cc1ccc(C(C)(C)CC(=O)O)cc1.Cl. The zero-order chi connectivity index (χ0) is 27.2. The Balaban J connectivity index is -0.000000527. The van der Waals surface area contributed by atoms with E-state index in [0.29, 0.717) is 6.42 Å². The van der Waals surface area contributed by atoms with Crippen molar-refractivity contribution < 1.29 is 24.3 Å². The van der Waals surface area contributed by atoms with Crippen LogP contribution < -0.4 is 0 Å². The quantitative estimate of drug-likeness (QED) is 0.361. The van der Waals surface area contributed by atoms with E-state index >= 15 is 0 Å². The number of aryl methyl sites for hydroxylation is 2. The monoisotopic (exact) mass is 539 g/mol. The van der Waals surface area contributed by atoms with E-state index in [0.717, 1.165) is 12.2 Å². The summed E-state index contributed by atoms with van der Waals surface area (Å²) in [6.07, 6.45) is 0.594. The molecule has 7 heteroatoms. The van der Waals surface area contributed by atoms with Gasteiger partial charge in [-0.25, -0.2) is 5.06 Å². The number of carbonyl (C=O) groups is 2. The zero-order valence-electron chi connectivity index (χ0n) is 23.7. The molecule has 0 radical (unpaired) electrons. The van der Waals surface area contributed by atoms with Crippen molar-refractivity contribution in [3.05, 3.63) is 70.8 Å². The number of carboxylic acid groups (broad SMARTS) is 1. The molecule has 0 aliphatic carbocycles. The van der Waals surface area contributed by atoms with Gasteiger partial charge in [0.25, 0.3) is 0 Å². The number of rotatable bonds is 8. The number of ether oxygens (including phenoxy) is 1. The fourth-order valence-corrected chi connectivity index (χ4v) is 3.18. The molecule has 0 heterocycles. The van der Waals surface area contributed by atoms with Crippen molar-refractivity contribution >= 4 is 24.3 Å². The highest BCUT2D eigenvalue weighted by Crippen LogP contribution is 2.28. The van der Waals surface area contributed by atoms with Crippen LogP contribution in [0.5, 0.6) is 0 Å². The lowest BCUT2D eigenvalue weighted by atomic mass is 9.81. The van der Waals surface area contributed by atoms with Gasteiger partial charge in [-0.1, -0.05) is 94.8 Å². The first-order chi connectivity index (χ1) is 16.2. The third kappa shape index (κ3) is 15.4. The van der Waals surface area contributed by atoms with E-state index in [1.54, 1.807) is 14.2 Å². The first-order valence-electron chi connectivity index (χ1n) is 11.9. The second-order valence-corrected chi connectivity index (χ2v) is 9.90. The molecule has 2 aromatic rings. The summed E-state index contributed by atoms with van der Waals surface area (Å²) in [5.41, 5.74) is 4.19. The maximum Gasteiger partial charge on any atom is 0.304 e. The van der Waals surface area contributed by atoms with E-state index in [9.17, 15) is 9.59 Å². The number of nitrogens with zero attached hydrogens (tertiary/aromatic N) is 1. The van der Waals surface area contributed by atoms with E-state index in [2.05, 4.69) is 49.8 Å². The van der Waals surface area contributed by atoms with Gasteiger partial charge in [-0.15, -0.1) is 12.4 Å². The molecular formula is C30H50ClNO5. The number of hydrogen-bond acceptors (Lipinski definition) is 4. The fourth-order valence-electron chi connectivity index (χ4n) is 3.18. The second kappa shape index (κ2) is 18.8. The Bertz CT molecular complexity index is 891. The molecule has 0 saturated carbocycles. The van der Waals surface area contributed by atoms with Crippen LogP contribution in [0.2, 0.25) is 0 Å². The highest BCUT2D eigenvalue weighted by atomic mass is 35.5. The van der Waals surface area contributed by atoms with Crippen LogP contribution in [0.4, 0.5) is 0 Å². The van der Waals surface area contributed by atoms with E-state index < -0.39 is 5.97 Å². The largest absolute Gasteiger partial charge is 0.481 e. The van der Waals surface area contributed by atoms with Gasteiger partial charge < -0.3 is 9.84 Å². The van der Waals surface area contributed by atoms with E-state index in [4.69, 9.17) is 9.94 Å². The number of carbonyl (C=O) groups excluding carboxylic acids is 1. The molecule has 2 aromatic carbocycles. The first-order valence-corrected chi connectivity index (χ1v) is 11.9. The molecule has 0 spiro atoms. The lowest BCUT2D eigenvalue weighted by Crippen LogP contribution is -2.32. The number of halogens is 1. The molecule has 212 valence electrons. The van der Waals surface area contributed by atoms with Gasteiger partial charge in [-0.3, -0.25) is 14.4 Å². The predicted molar refractivity (Wildman–Crippen MR) is 157 cm³/mol. The summed E-state index contributed by atoms with van der Waals surface area (Å²) >= 11 is 0. The van der Waals surface area contributed by atoms with Gasteiger partial charge >= 0.3 is 5.97 Å². The average molecular weight is 540 g/mol. The van der Waals surface area contributed by atoms with Gasteiger partial charge in [0.1, 0.15) is 0 Å². The van der Waals surface area contributed by atoms with Gasteiger partial charge in [0.2, 0.25) is 5.91 Å². The Labute approximate surface area is 231 Å². The van der Waals surface area contributed by atoms with Crippen LogP contribution in [0.25, 0.3) is 0 Å². The lowest BCUT2D eigenvalue weighted by Gasteiger charge is -2.26. The van der Waals surface area contributed by atoms with Crippen molar-refractivity contribution in [2.75, 3.05) is 27.9 Å². The Morgan fingerprint density at radius 2 is 1.14 bits per heavy atom. The molecule has 0 saturated heterocycles. The summed E-state index contributed by atoms with van der Waals surface area (Å²) in [5.74, 6) is -0.770. The number of methoxy groups -OCH3 is 1. The summed E-state index contributed by atoms with van der Waals surface area (Å²) < 4.78 is 4.54. The fraction of sp³-hybridized carbons (Fsp3) is 0.533. The van der Waals surface area contributed by atoms with Crippen LogP contribution in [-0.2, 0) is 30.0 Å². The van der Waals surface area contributed by atoms with Crippen LogP contribution in [0.3, 0.4) is 0 Å². The second-order valence-electron chi connectivity index (χ2n) is 9.90. The van der Waals surface area contributed by atoms with Crippen molar-refractivity contribution in [3.63, 3.8) is 0 Å². The molecule has 2 rings (SSSR count). The summed E-state index contributed by atoms with van der Waals surface area (Å²) in [7, 11) is 4.81. The highest BCUT2D eigenvalue weighted by Gasteiger charge is 2.26. The molecule has 0 aliphatic heterocycles. The summed E-state index contributed by atoms with van der Waals surface area (Å²) in [4.78, 5) is 27.4. The first kappa shape index (κ1) is 39.1. The summed E-state index contributed by atoms with van der Waals surface area (Å²) in [6.45, 7) is 14.9. The number of hydrogen-bond donors (Lipinski definition) is 1. The van der Waals surface area contributed by atoms with Crippen LogP contribution in [-0.4, -0.2) is 49.9 Å². The Kier molecular flexibility index (Phi) is 19.8. The molecule has 0 unspecified atom stereocenters. The third-order valence-corrected chi connectivity index (χ3v) is 5.77. The van der Waals surface area contributed by atoms with Gasteiger partial charge in [0, 0.05) is 32.6 Å². The Morgan fingerprint density at radius 1 is 0.811 bits per heavy atom. The molecule has 0 aliphatic rings.